The van der Waals surface area contributed by atoms with Crippen LogP contribution in [0.2, 0.25) is 0 Å². The van der Waals surface area contributed by atoms with Gasteiger partial charge in [0.25, 0.3) is 11.5 Å². The van der Waals surface area contributed by atoms with Crippen LogP contribution in [0.3, 0.4) is 0 Å². The van der Waals surface area contributed by atoms with Crippen molar-refractivity contribution < 1.29 is 9.21 Å². The predicted octanol–water partition coefficient (Wildman–Crippen LogP) is 2.10. The molecule has 7 heteroatoms. The summed E-state index contributed by atoms with van der Waals surface area (Å²) in [7, 11) is 0. The fraction of sp³-hybridized carbons (Fsp3) is 0.267. The lowest BCUT2D eigenvalue weighted by Crippen LogP contribution is -2.30. The number of aromatic nitrogens is 2. The number of fused-ring (bicyclic) bond motifs is 1. The number of rotatable bonds is 4. The zero-order chi connectivity index (χ0) is 15.7. The van der Waals surface area contributed by atoms with Crippen molar-refractivity contribution in [2.24, 2.45) is 0 Å². The molecule has 3 aromatic heterocycles. The van der Waals surface area contributed by atoms with Gasteiger partial charge in [-0.05, 0) is 31.4 Å². The molecule has 114 valence electrons. The summed E-state index contributed by atoms with van der Waals surface area (Å²) in [6.45, 7) is 4.27. The van der Waals surface area contributed by atoms with Gasteiger partial charge < -0.3 is 9.73 Å². The highest BCUT2D eigenvalue weighted by Crippen LogP contribution is 2.14. The first-order chi connectivity index (χ1) is 10.6. The molecule has 0 radical (unpaired) electrons. The van der Waals surface area contributed by atoms with Gasteiger partial charge in [0.05, 0.1) is 17.4 Å². The Balaban J connectivity index is 1.67. The summed E-state index contributed by atoms with van der Waals surface area (Å²) < 4.78 is 7.47. The highest BCUT2D eigenvalue weighted by Gasteiger charge is 2.13. The van der Waals surface area contributed by atoms with Gasteiger partial charge in [0.2, 0.25) is 0 Å². The third-order valence-corrected chi connectivity index (χ3v) is 4.25. The molecule has 0 aliphatic heterocycles. The standard InChI is InChI=1S/C15H15N3O3S/c1-9-7-11(10(2)21-9)14(19)16-4-5-18-8-17-12-3-6-22-13(12)15(18)20/h3,6-8H,4-5H2,1-2H3,(H,16,19). The molecule has 3 rings (SSSR count). The van der Waals surface area contributed by atoms with Crippen molar-refractivity contribution in [2.45, 2.75) is 20.4 Å². The highest BCUT2D eigenvalue weighted by molar-refractivity contribution is 7.17. The number of carbonyl (C=O) groups is 1. The van der Waals surface area contributed by atoms with E-state index < -0.39 is 0 Å². The van der Waals surface area contributed by atoms with Crippen LogP contribution in [0.25, 0.3) is 10.2 Å². The Morgan fingerprint density at radius 2 is 2.27 bits per heavy atom. The van der Waals surface area contributed by atoms with E-state index in [1.165, 1.54) is 22.2 Å². The van der Waals surface area contributed by atoms with E-state index in [4.69, 9.17) is 4.42 Å². The van der Waals surface area contributed by atoms with Gasteiger partial charge in [-0.25, -0.2) is 4.98 Å². The zero-order valence-corrected chi connectivity index (χ0v) is 13.1. The number of hydrogen-bond donors (Lipinski definition) is 1. The van der Waals surface area contributed by atoms with E-state index in [2.05, 4.69) is 10.3 Å². The predicted molar refractivity (Wildman–Crippen MR) is 84.4 cm³/mol. The van der Waals surface area contributed by atoms with Crippen LogP contribution in [0.15, 0.2) is 33.1 Å². The van der Waals surface area contributed by atoms with Gasteiger partial charge in [-0.15, -0.1) is 11.3 Å². The molecular weight excluding hydrogens is 302 g/mol. The summed E-state index contributed by atoms with van der Waals surface area (Å²) in [4.78, 5) is 28.5. The Kier molecular flexibility index (Phi) is 3.81. The smallest absolute Gasteiger partial charge is 0.271 e. The van der Waals surface area contributed by atoms with Gasteiger partial charge in [-0.1, -0.05) is 0 Å². The molecule has 0 fully saturated rings. The molecule has 0 aliphatic carbocycles. The molecule has 0 spiro atoms. The van der Waals surface area contributed by atoms with Crippen molar-refractivity contribution in [2.75, 3.05) is 6.54 Å². The maximum atomic E-state index is 12.2. The normalized spacial score (nSPS) is 11.0. The third-order valence-electron chi connectivity index (χ3n) is 3.36. The Bertz CT molecular complexity index is 891. The topological polar surface area (TPSA) is 77.1 Å². The van der Waals surface area contributed by atoms with E-state index in [0.717, 1.165) is 0 Å². The van der Waals surface area contributed by atoms with E-state index in [0.29, 0.717) is 40.4 Å². The maximum Gasteiger partial charge on any atom is 0.271 e. The van der Waals surface area contributed by atoms with Gasteiger partial charge in [0.1, 0.15) is 16.2 Å². The van der Waals surface area contributed by atoms with E-state index >= 15 is 0 Å². The lowest BCUT2D eigenvalue weighted by molar-refractivity contribution is 0.0950. The average molecular weight is 317 g/mol. The molecule has 0 aliphatic rings. The summed E-state index contributed by atoms with van der Waals surface area (Å²) in [6.07, 6.45) is 1.51. The van der Waals surface area contributed by atoms with Crippen molar-refractivity contribution in [1.29, 1.82) is 0 Å². The van der Waals surface area contributed by atoms with Crippen molar-refractivity contribution in [3.63, 3.8) is 0 Å². The Morgan fingerprint density at radius 3 is 3.00 bits per heavy atom. The van der Waals surface area contributed by atoms with Crippen molar-refractivity contribution in [1.82, 2.24) is 14.9 Å². The first-order valence-corrected chi connectivity index (χ1v) is 7.72. The van der Waals surface area contributed by atoms with Crippen LogP contribution in [-0.4, -0.2) is 22.0 Å². The fourth-order valence-electron chi connectivity index (χ4n) is 2.28. The number of carbonyl (C=O) groups excluding carboxylic acids is 1. The van der Waals surface area contributed by atoms with Gasteiger partial charge in [0, 0.05) is 13.1 Å². The van der Waals surface area contributed by atoms with Crippen LogP contribution in [0.5, 0.6) is 0 Å². The molecule has 0 bridgehead atoms. The van der Waals surface area contributed by atoms with Crippen LogP contribution in [0.4, 0.5) is 0 Å². The molecule has 0 saturated carbocycles. The Morgan fingerprint density at radius 1 is 1.45 bits per heavy atom. The first kappa shape index (κ1) is 14.5. The van der Waals surface area contributed by atoms with Gasteiger partial charge in [-0.3, -0.25) is 14.2 Å². The first-order valence-electron chi connectivity index (χ1n) is 6.84. The number of nitrogens with one attached hydrogen (secondary N) is 1. The van der Waals surface area contributed by atoms with E-state index in [9.17, 15) is 9.59 Å². The molecule has 1 N–H and O–H groups in total. The number of nitrogens with zero attached hydrogens (tertiary/aromatic N) is 2. The highest BCUT2D eigenvalue weighted by atomic mass is 32.1. The van der Waals surface area contributed by atoms with E-state index in [-0.39, 0.29) is 11.5 Å². The minimum atomic E-state index is -0.201. The summed E-state index contributed by atoms with van der Waals surface area (Å²) in [5.74, 6) is 1.09. The van der Waals surface area contributed by atoms with Crippen LogP contribution < -0.4 is 10.9 Å². The van der Waals surface area contributed by atoms with Crippen molar-refractivity contribution >= 4 is 27.5 Å². The van der Waals surface area contributed by atoms with Crippen LogP contribution in [-0.2, 0) is 6.54 Å². The minimum absolute atomic E-state index is 0.0791. The molecule has 6 nitrogen and oxygen atoms in total. The van der Waals surface area contributed by atoms with Crippen molar-refractivity contribution in [3.05, 3.63) is 51.3 Å². The van der Waals surface area contributed by atoms with E-state index in [1.807, 2.05) is 11.4 Å². The average Bonchev–Trinajstić information content (AvgIpc) is 3.08. The zero-order valence-electron chi connectivity index (χ0n) is 12.3. The largest absolute Gasteiger partial charge is 0.466 e. The maximum absolute atomic E-state index is 12.2. The Hall–Kier alpha value is -2.41. The molecule has 3 heterocycles. The second-order valence-corrected chi connectivity index (χ2v) is 5.88. The molecule has 0 saturated heterocycles. The molecule has 0 atom stereocenters. The molecule has 22 heavy (non-hydrogen) atoms. The number of furan rings is 1. The molecule has 0 unspecified atom stereocenters. The summed E-state index contributed by atoms with van der Waals surface area (Å²) in [5.41, 5.74) is 1.15. The lowest BCUT2D eigenvalue weighted by Gasteiger charge is -2.06. The Labute approximate surface area is 130 Å². The molecule has 3 aromatic rings. The second kappa shape index (κ2) is 5.76. The molecular formula is C15H15N3O3S. The molecule has 1 amide bonds. The quantitative estimate of drug-likeness (QED) is 0.799. The SMILES string of the molecule is Cc1cc(C(=O)NCCn2cnc3ccsc3c2=O)c(C)o1. The number of thiophene rings is 1. The minimum Gasteiger partial charge on any atom is -0.466 e. The number of amides is 1. The van der Waals surface area contributed by atoms with Gasteiger partial charge in [0.15, 0.2) is 0 Å². The van der Waals surface area contributed by atoms with Crippen LogP contribution in [0, 0.1) is 13.8 Å². The monoisotopic (exact) mass is 317 g/mol. The van der Waals surface area contributed by atoms with Crippen LogP contribution in [0.1, 0.15) is 21.9 Å². The van der Waals surface area contributed by atoms with E-state index in [1.54, 1.807) is 19.9 Å². The number of hydrogen-bond acceptors (Lipinski definition) is 5. The summed E-state index contributed by atoms with van der Waals surface area (Å²) in [6, 6.07) is 3.52. The van der Waals surface area contributed by atoms with Gasteiger partial charge >= 0.3 is 0 Å². The van der Waals surface area contributed by atoms with Crippen molar-refractivity contribution in [3.8, 4) is 0 Å². The lowest BCUT2D eigenvalue weighted by atomic mass is 10.2. The fourth-order valence-corrected chi connectivity index (χ4v) is 3.07. The van der Waals surface area contributed by atoms with Crippen LogP contribution >= 0.6 is 11.3 Å². The molecule has 0 aromatic carbocycles. The summed E-state index contributed by atoms with van der Waals surface area (Å²) in [5, 5.41) is 4.63. The summed E-state index contributed by atoms with van der Waals surface area (Å²) >= 11 is 1.37. The third kappa shape index (κ3) is 2.67. The number of aryl methyl sites for hydroxylation is 2. The van der Waals surface area contributed by atoms with Gasteiger partial charge in [-0.2, -0.15) is 0 Å². The second-order valence-electron chi connectivity index (χ2n) is 4.96.